The Balaban J connectivity index is 2.02. The summed E-state index contributed by atoms with van der Waals surface area (Å²) in [7, 11) is 0. The average molecular weight is 242 g/mol. The van der Waals surface area contributed by atoms with Crippen molar-refractivity contribution in [3.05, 3.63) is 0 Å². The zero-order valence-electron chi connectivity index (χ0n) is 10.4. The largest absolute Gasteiger partial charge is 0.481 e. The van der Waals surface area contributed by atoms with Gasteiger partial charge in [0.15, 0.2) is 0 Å². The van der Waals surface area contributed by atoms with E-state index in [1.165, 1.54) is 0 Å². The maximum Gasteiger partial charge on any atom is 0.303 e. The fraction of sp³-hybridized carbons (Fsp3) is 0.833. The van der Waals surface area contributed by atoms with E-state index in [9.17, 15) is 9.59 Å². The molecule has 1 rings (SSSR count). The summed E-state index contributed by atoms with van der Waals surface area (Å²) in [5.74, 6) is -0.128. The number of carboxylic acid groups (broad SMARTS) is 1. The molecule has 98 valence electrons. The van der Waals surface area contributed by atoms with Crippen LogP contribution in [0.1, 0.15) is 32.6 Å². The Labute approximate surface area is 102 Å². The van der Waals surface area contributed by atoms with Gasteiger partial charge in [-0.2, -0.15) is 0 Å². The zero-order chi connectivity index (χ0) is 12.7. The highest BCUT2D eigenvalue weighted by atomic mass is 16.4. The molecule has 0 bridgehead atoms. The van der Waals surface area contributed by atoms with Crippen LogP contribution in [0, 0.1) is 11.8 Å². The molecule has 0 aromatic rings. The molecule has 5 nitrogen and oxygen atoms in total. The minimum absolute atomic E-state index is 0.0917. The Hall–Kier alpha value is -1.10. The van der Waals surface area contributed by atoms with E-state index in [4.69, 9.17) is 5.11 Å². The van der Waals surface area contributed by atoms with E-state index in [1.54, 1.807) is 0 Å². The van der Waals surface area contributed by atoms with Crippen molar-refractivity contribution >= 4 is 11.9 Å². The number of carboxylic acids is 1. The first-order valence-corrected chi connectivity index (χ1v) is 6.31. The van der Waals surface area contributed by atoms with Crippen LogP contribution in [0.25, 0.3) is 0 Å². The zero-order valence-corrected chi connectivity index (χ0v) is 10.4. The van der Waals surface area contributed by atoms with Gasteiger partial charge in [-0.05, 0) is 25.3 Å². The van der Waals surface area contributed by atoms with E-state index in [0.29, 0.717) is 18.9 Å². The summed E-state index contributed by atoms with van der Waals surface area (Å²) in [5.41, 5.74) is 0. The Morgan fingerprint density at radius 2 is 2.06 bits per heavy atom. The monoisotopic (exact) mass is 242 g/mol. The predicted octanol–water partition coefficient (Wildman–Crippen LogP) is 0.603. The number of hydrogen-bond acceptors (Lipinski definition) is 3. The van der Waals surface area contributed by atoms with Crippen LogP contribution in [-0.4, -0.2) is 36.6 Å². The van der Waals surface area contributed by atoms with Gasteiger partial charge in [-0.1, -0.05) is 13.3 Å². The van der Waals surface area contributed by atoms with Crippen LogP contribution in [0.4, 0.5) is 0 Å². The molecule has 0 aromatic heterocycles. The molecule has 2 unspecified atom stereocenters. The number of carbonyl (C=O) groups is 2. The number of aliphatic carboxylic acids is 1. The molecule has 0 spiro atoms. The van der Waals surface area contributed by atoms with Gasteiger partial charge in [0.1, 0.15) is 0 Å². The highest BCUT2D eigenvalue weighted by molar-refractivity contribution is 5.79. The standard InChI is InChI=1S/C12H22N2O3/c1-9-7-13-8-10(9)12(17)14-6-4-2-3-5-11(15)16/h9-10,13H,2-8H2,1H3,(H,14,17)(H,15,16). The van der Waals surface area contributed by atoms with Gasteiger partial charge >= 0.3 is 5.97 Å². The summed E-state index contributed by atoms with van der Waals surface area (Å²) < 4.78 is 0. The molecule has 5 heteroatoms. The van der Waals surface area contributed by atoms with E-state index >= 15 is 0 Å². The van der Waals surface area contributed by atoms with Crippen molar-refractivity contribution in [3.63, 3.8) is 0 Å². The van der Waals surface area contributed by atoms with Crippen molar-refractivity contribution in [2.24, 2.45) is 11.8 Å². The first-order valence-electron chi connectivity index (χ1n) is 6.31. The molecule has 3 N–H and O–H groups in total. The van der Waals surface area contributed by atoms with E-state index in [0.717, 1.165) is 25.9 Å². The SMILES string of the molecule is CC1CNCC1C(=O)NCCCCCC(=O)O. The van der Waals surface area contributed by atoms with Crippen LogP contribution in [0.15, 0.2) is 0 Å². The average Bonchev–Trinajstić information content (AvgIpc) is 2.69. The molecule has 2 atom stereocenters. The summed E-state index contributed by atoms with van der Waals surface area (Å²) in [4.78, 5) is 22.0. The predicted molar refractivity (Wildman–Crippen MR) is 64.6 cm³/mol. The Bertz CT molecular complexity index is 268. The lowest BCUT2D eigenvalue weighted by molar-refractivity contribution is -0.137. The molecule has 17 heavy (non-hydrogen) atoms. The number of amides is 1. The van der Waals surface area contributed by atoms with E-state index in [2.05, 4.69) is 17.6 Å². The molecule has 0 radical (unpaired) electrons. The maximum absolute atomic E-state index is 11.8. The van der Waals surface area contributed by atoms with Crippen LogP contribution < -0.4 is 10.6 Å². The van der Waals surface area contributed by atoms with Crippen molar-refractivity contribution < 1.29 is 14.7 Å². The lowest BCUT2D eigenvalue weighted by Crippen LogP contribution is -2.34. The second kappa shape index (κ2) is 7.27. The fourth-order valence-corrected chi connectivity index (χ4v) is 2.08. The second-order valence-corrected chi connectivity index (χ2v) is 4.74. The lowest BCUT2D eigenvalue weighted by atomic mass is 9.97. The van der Waals surface area contributed by atoms with Crippen molar-refractivity contribution in [1.82, 2.24) is 10.6 Å². The molecule has 1 aliphatic heterocycles. The summed E-state index contributed by atoms with van der Waals surface area (Å²) in [6, 6.07) is 0. The highest BCUT2D eigenvalue weighted by Crippen LogP contribution is 2.15. The second-order valence-electron chi connectivity index (χ2n) is 4.74. The molecule has 1 heterocycles. The van der Waals surface area contributed by atoms with E-state index in [-0.39, 0.29) is 18.2 Å². The van der Waals surface area contributed by atoms with Gasteiger partial charge in [0.25, 0.3) is 0 Å². The highest BCUT2D eigenvalue weighted by Gasteiger charge is 2.28. The van der Waals surface area contributed by atoms with E-state index in [1.807, 2.05) is 0 Å². The van der Waals surface area contributed by atoms with E-state index < -0.39 is 5.97 Å². The topological polar surface area (TPSA) is 78.4 Å². The molecule has 0 saturated carbocycles. The molecule has 0 aliphatic carbocycles. The van der Waals surface area contributed by atoms with Gasteiger partial charge in [-0.3, -0.25) is 9.59 Å². The van der Waals surface area contributed by atoms with Crippen molar-refractivity contribution in [1.29, 1.82) is 0 Å². The number of nitrogens with one attached hydrogen (secondary N) is 2. The van der Waals surface area contributed by atoms with Gasteiger partial charge < -0.3 is 15.7 Å². The minimum atomic E-state index is -0.750. The number of rotatable bonds is 7. The molecule has 1 amide bonds. The number of unbranched alkanes of at least 4 members (excludes halogenated alkanes) is 2. The third-order valence-electron chi connectivity index (χ3n) is 3.22. The van der Waals surface area contributed by atoms with Gasteiger partial charge in [-0.25, -0.2) is 0 Å². The van der Waals surface area contributed by atoms with Crippen LogP contribution in [0.5, 0.6) is 0 Å². The normalized spacial score (nSPS) is 23.6. The van der Waals surface area contributed by atoms with Gasteiger partial charge in [0.05, 0.1) is 5.92 Å². The smallest absolute Gasteiger partial charge is 0.303 e. The first kappa shape index (κ1) is 14.0. The Morgan fingerprint density at radius 3 is 2.65 bits per heavy atom. The van der Waals surface area contributed by atoms with Crippen LogP contribution in [0.3, 0.4) is 0 Å². The maximum atomic E-state index is 11.8. The third-order valence-corrected chi connectivity index (χ3v) is 3.22. The molecular formula is C12H22N2O3. The quantitative estimate of drug-likeness (QED) is 0.571. The molecule has 1 fully saturated rings. The summed E-state index contributed by atoms with van der Waals surface area (Å²) in [6.45, 7) is 4.42. The molecule has 1 aliphatic rings. The summed E-state index contributed by atoms with van der Waals surface area (Å²) in [5, 5.41) is 14.6. The minimum Gasteiger partial charge on any atom is -0.481 e. The molecule has 1 saturated heterocycles. The first-order chi connectivity index (χ1) is 8.11. The van der Waals surface area contributed by atoms with Crippen LogP contribution >= 0.6 is 0 Å². The summed E-state index contributed by atoms with van der Waals surface area (Å²) >= 11 is 0. The van der Waals surface area contributed by atoms with Crippen molar-refractivity contribution in [2.45, 2.75) is 32.6 Å². The third kappa shape index (κ3) is 5.17. The van der Waals surface area contributed by atoms with Crippen molar-refractivity contribution in [2.75, 3.05) is 19.6 Å². The van der Waals surface area contributed by atoms with Crippen LogP contribution in [-0.2, 0) is 9.59 Å². The molecule has 0 aromatic carbocycles. The van der Waals surface area contributed by atoms with Gasteiger partial charge in [0, 0.05) is 19.5 Å². The van der Waals surface area contributed by atoms with Gasteiger partial charge in [0.2, 0.25) is 5.91 Å². The number of carbonyl (C=O) groups excluding carboxylic acids is 1. The van der Waals surface area contributed by atoms with Gasteiger partial charge in [-0.15, -0.1) is 0 Å². The number of hydrogen-bond donors (Lipinski definition) is 3. The Morgan fingerprint density at radius 1 is 1.29 bits per heavy atom. The lowest BCUT2D eigenvalue weighted by Gasteiger charge is -2.13. The van der Waals surface area contributed by atoms with Crippen molar-refractivity contribution in [3.8, 4) is 0 Å². The molecular weight excluding hydrogens is 220 g/mol. The Kier molecular flexibility index (Phi) is 5.97. The summed E-state index contributed by atoms with van der Waals surface area (Å²) in [6.07, 6.45) is 2.61. The fourth-order valence-electron chi connectivity index (χ4n) is 2.08. The van der Waals surface area contributed by atoms with Crippen LogP contribution in [0.2, 0.25) is 0 Å².